The molecule has 1 saturated heterocycles. The molecule has 0 aromatic heterocycles. The minimum atomic E-state index is -0.359. The summed E-state index contributed by atoms with van der Waals surface area (Å²) in [7, 11) is 2.08. The minimum Gasteiger partial charge on any atom is -0.483 e. The molecule has 0 amide bonds. The van der Waals surface area contributed by atoms with Crippen LogP contribution in [0.1, 0.15) is 26.2 Å². The number of ether oxygens (including phenoxy) is 1. The first-order valence-electron chi connectivity index (χ1n) is 7.48. The van der Waals surface area contributed by atoms with Crippen LogP contribution in [0, 0.1) is 10.1 Å². The molecule has 116 valence electrons. The molecule has 1 fully saturated rings. The van der Waals surface area contributed by atoms with Gasteiger partial charge < -0.3 is 15.0 Å². The molecule has 1 aromatic carbocycles. The van der Waals surface area contributed by atoms with Gasteiger partial charge in [0.05, 0.1) is 4.92 Å². The lowest BCUT2D eigenvalue weighted by atomic mass is 10.1. The van der Waals surface area contributed by atoms with Crippen molar-refractivity contribution in [2.24, 2.45) is 0 Å². The Bertz CT molecular complexity index is 485. The van der Waals surface area contributed by atoms with Crippen LogP contribution < -0.4 is 10.1 Å². The zero-order valence-electron chi connectivity index (χ0n) is 12.7. The maximum atomic E-state index is 11.4. The van der Waals surface area contributed by atoms with Gasteiger partial charge in [-0.1, -0.05) is 13.0 Å². The standard InChI is InChI=1S/C15H23N3O3/c1-3-9-16-13-5-4-6-14(15(13)18(19)20)21-12-7-10-17(2)11-8-12/h4-6,12,16H,3,7-11H2,1-2H3. The van der Waals surface area contributed by atoms with Crippen molar-refractivity contribution in [1.29, 1.82) is 0 Å². The van der Waals surface area contributed by atoms with E-state index in [1.807, 2.05) is 6.92 Å². The van der Waals surface area contributed by atoms with Crippen LogP contribution >= 0.6 is 0 Å². The lowest BCUT2D eigenvalue weighted by molar-refractivity contribution is -0.385. The highest BCUT2D eigenvalue weighted by Gasteiger charge is 2.25. The number of hydrogen-bond acceptors (Lipinski definition) is 5. The van der Waals surface area contributed by atoms with E-state index in [0.29, 0.717) is 18.0 Å². The van der Waals surface area contributed by atoms with Crippen molar-refractivity contribution in [2.45, 2.75) is 32.3 Å². The van der Waals surface area contributed by atoms with Gasteiger partial charge in [0.25, 0.3) is 0 Å². The van der Waals surface area contributed by atoms with Crippen LogP contribution in [0.2, 0.25) is 0 Å². The fourth-order valence-corrected chi connectivity index (χ4v) is 2.49. The van der Waals surface area contributed by atoms with Gasteiger partial charge in [0, 0.05) is 19.6 Å². The summed E-state index contributed by atoms with van der Waals surface area (Å²) in [6.07, 6.45) is 2.78. The number of para-hydroxylation sites is 1. The van der Waals surface area contributed by atoms with E-state index in [2.05, 4.69) is 17.3 Å². The Hall–Kier alpha value is -1.82. The molecule has 0 saturated carbocycles. The molecule has 0 atom stereocenters. The van der Waals surface area contributed by atoms with Gasteiger partial charge in [0.2, 0.25) is 0 Å². The number of anilines is 1. The second-order valence-electron chi connectivity index (χ2n) is 5.46. The Labute approximate surface area is 125 Å². The van der Waals surface area contributed by atoms with Crippen LogP contribution in [0.15, 0.2) is 18.2 Å². The maximum absolute atomic E-state index is 11.4. The van der Waals surface area contributed by atoms with Crippen molar-refractivity contribution >= 4 is 11.4 Å². The van der Waals surface area contributed by atoms with E-state index in [1.165, 1.54) is 0 Å². The molecule has 1 aliphatic rings. The van der Waals surface area contributed by atoms with E-state index in [4.69, 9.17) is 4.74 Å². The molecule has 6 heteroatoms. The largest absolute Gasteiger partial charge is 0.483 e. The topological polar surface area (TPSA) is 67.6 Å². The van der Waals surface area contributed by atoms with Crippen molar-refractivity contribution in [3.63, 3.8) is 0 Å². The molecular formula is C15H23N3O3. The van der Waals surface area contributed by atoms with Crippen molar-refractivity contribution in [1.82, 2.24) is 4.90 Å². The summed E-state index contributed by atoms with van der Waals surface area (Å²) < 4.78 is 5.91. The molecule has 2 rings (SSSR count). The normalized spacial score (nSPS) is 16.7. The monoisotopic (exact) mass is 293 g/mol. The third kappa shape index (κ3) is 4.07. The van der Waals surface area contributed by atoms with Gasteiger partial charge in [-0.05, 0) is 38.4 Å². The van der Waals surface area contributed by atoms with Crippen LogP contribution in [0.3, 0.4) is 0 Å². The number of nitrogens with zero attached hydrogens (tertiary/aromatic N) is 2. The zero-order chi connectivity index (χ0) is 15.2. The van der Waals surface area contributed by atoms with E-state index in [0.717, 1.165) is 32.4 Å². The van der Waals surface area contributed by atoms with Crippen LogP contribution in [0.25, 0.3) is 0 Å². The number of nitrogens with one attached hydrogen (secondary N) is 1. The smallest absolute Gasteiger partial charge is 0.333 e. The van der Waals surface area contributed by atoms with E-state index < -0.39 is 0 Å². The number of benzene rings is 1. The first-order valence-corrected chi connectivity index (χ1v) is 7.48. The predicted molar refractivity (Wildman–Crippen MR) is 83.0 cm³/mol. The first kappa shape index (κ1) is 15.6. The molecule has 21 heavy (non-hydrogen) atoms. The fraction of sp³-hybridized carbons (Fsp3) is 0.600. The number of likely N-dealkylation sites (tertiary alicyclic amines) is 1. The Morgan fingerprint density at radius 3 is 2.76 bits per heavy atom. The summed E-state index contributed by atoms with van der Waals surface area (Å²) in [5, 5.41) is 14.5. The average molecular weight is 293 g/mol. The van der Waals surface area contributed by atoms with Gasteiger partial charge in [-0.25, -0.2) is 0 Å². The molecule has 6 nitrogen and oxygen atoms in total. The van der Waals surface area contributed by atoms with E-state index in [-0.39, 0.29) is 16.7 Å². The fourth-order valence-electron chi connectivity index (χ4n) is 2.49. The Morgan fingerprint density at radius 2 is 2.14 bits per heavy atom. The molecule has 1 aliphatic heterocycles. The maximum Gasteiger partial charge on any atom is 0.333 e. The SMILES string of the molecule is CCCNc1cccc(OC2CCN(C)CC2)c1[N+](=O)[O-]. The van der Waals surface area contributed by atoms with Crippen LogP contribution in [0.5, 0.6) is 5.75 Å². The predicted octanol–water partition coefficient (Wildman–Crippen LogP) is 2.89. The Balaban J connectivity index is 2.16. The van der Waals surface area contributed by atoms with E-state index in [9.17, 15) is 10.1 Å². The summed E-state index contributed by atoms with van der Waals surface area (Å²) in [5.41, 5.74) is 0.581. The highest BCUT2D eigenvalue weighted by atomic mass is 16.6. The average Bonchev–Trinajstić information content (AvgIpc) is 2.47. The summed E-state index contributed by atoms with van der Waals surface area (Å²) >= 11 is 0. The summed E-state index contributed by atoms with van der Waals surface area (Å²) in [5.74, 6) is 0.371. The Kier molecular flexibility index (Phi) is 5.38. The molecule has 0 radical (unpaired) electrons. The van der Waals surface area contributed by atoms with Crippen LogP contribution in [0.4, 0.5) is 11.4 Å². The van der Waals surface area contributed by atoms with Crippen molar-refractivity contribution < 1.29 is 9.66 Å². The first-order chi connectivity index (χ1) is 10.1. The van der Waals surface area contributed by atoms with Crippen LogP contribution in [-0.4, -0.2) is 42.6 Å². The molecule has 1 heterocycles. The molecule has 0 aliphatic carbocycles. The number of nitro benzene ring substituents is 1. The van der Waals surface area contributed by atoms with Gasteiger partial charge in [0.1, 0.15) is 11.8 Å². The number of nitro groups is 1. The van der Waals surface area contributed by atoms with Gasteiger partial charge in [0.15, 0.2) is 5.75 Å². The lowest BCUT2D eigenvalue weighted by Crippen LogP contribution is -2.35. The summed E-state index contributed by atoms with van der Waals surface area (Å²) in [4.78, 5) is 13.3. The van der Waals surface area contributed by atoms with E-state index in [1.54, 1.807) is 18.2 Å². The molecule has 1 aromatic rings. The van der Waals surface area contributed by atoms with Gasteiger partial charge in [-0.3, -0.25) is 10.1 Å². The second kappa shape index (κ2) is 7.26. The number of rotatable bonds is 6. The molecule has 1 N–H and O–H groups in total. The zero-order valence-corrected chi connectivity index (χ0v) is 12.7. The molecule has 0 unspecified atom stereocenters. The molecule has 0 bridgehead atoms. The van der Waals surface area contributed by atoms with Gasteiger partial charge in [-0.15, -0.1) is 0 Å². The summed E-state index contributed by atoms with van der Waals surface area (Å²) in [6.45, 7) is 4.66. The third-order valence-corrected chi connectivity index (χ3v) is 3.71. The third-order valence-electron chi connectivity index (χ3n) is 3.71. The molecular weight excluding hydrogens is 270 g/mol. The second-order valence-corrected chi connectivity index (χ2v) is 5.46. The van der Waals surface area contributed by atoms with E-state index >= 15 is 0 Å². The summed E-state index contributed by atoms with van der Waals surface area (Å²) in [6, 6.07) is 5.22. The number of hydrogen-bond donors (Lipinski definition) is 1. The highest BCUT2D eigenvalue weighted by Crippen LogP contribution is 2.36. The quantitative estimate of drug-likeness (QED) is 0.645. The van der Waals surface area contributed by atoms with Crippen LogP contribution in [-0.2, 0) is 0 Å². The van der Waals surface area contributed by atoms with Crippen molar-refractivity contribution in [3.8, 4) is 5.75 Å². The van der Waals surface area contributed by atoms with Gasteiger partial charge >= 0.3 is 5.69 Å². The van der Waals surface area contributed by atoms with Crippen molar-refractivity contribution in [2.75, 3.05) is 32.0 Å². The minimum absolute atomic E-state index is 0.0462. The Morgan fingerprint density at radius 1 is 1.43 bits per heavy atom. The highest BCUT2D eigenvalue weighted by molar-refractivity contribution is 5.68. The lowest BCUT2D eigenvalue weighted by Gasteiger charge is -2.29. The van der Waals surface area contributed by atoms with Gasteiger partial charge in [-0.2, -0.15) is 0 Å². The number of piperidine rings is 1. The molecule has 0 spiro atoms. The van der Waals surface area contributed by atoms with Crippen molar-refractivity contribution in [3.05, 3.63) is 28.3 Å².